The smallest absolute Gasteiger partial charge is 0.225 e. The summed E-state index contributed by atoms with van der Waals surface area (Å²) >= 11 is 0. The maximum absolute atomic E-state index is 12.6. The van der Waals surface area contributed by atoms with Crippen LogP contribution < -0.4 is 15.5 Å². The first-order valence-corrected chi connectivity index (χ1v) is 11.5. The molecular weight excluding hydrogens is 402 g/mol. The predicted molar refractivity (Wildman–Crippen MR) is 127 cm³/mol. The number of aliphatic imine (C=N–C) groups is 1. The molecule has 8 heteroatoms. The quantitative estimate of drug-likeness (QED) is 0.510. The molecule has 0 spiro atoms. The van der Waals surface area contributed by atoms with Crippen LogP contribution in [0.5, 0.6) is 0 Å². The van der Waals surface area contributed by atoms with Crippen LogP contribution in [-0.2, 0) is 10.2 Å². The number of rotatable bonds is 7. The van der Waals surface area contributed by atoms with Gasteiger partial charge in [-0.15, -0.1) is 0 Å². The molecule has 2 N–H and O–H groups in total. The summed E-state index contributed by atoms with van der Waals surface area (Å²) in [4.78, 5) is 29.6. The minimum Gasteiger partial charge on any atom is -0.356 e. The van der Waals surface area contributed by atoms with Crippen molar-refractivity contribution in [2.24, 2.45) is 4.99 Å². The maximum Gasteiger partial charge on any atom is 0.225 e. The molecule has 2 heterocycles. The fourth-order valence-electron chi connectivity index (χ4n) is 4.49. The van der Waals surface area contributed by atoms with Crippen LogP contribution >= 0.6 is 0 Å². The summed E-state index contributed by atoms with van der Waals surface area (Å²) in [6, 6.07) is 12.5. The van der Waals surface area contributed by atoms with Gasteiger partial charge in [-0.3, -0.25) is 9.79 Å². The number of carbonyl (C=O) groups is 1. The molecule has 32 heavy (non-hydrogen) atoms. The summed E-state index contributed by atoms with van der Waals surface area (Å²) in [5.41, 5.74) is 1.58. The zero-order chi connectivity index (χ0) is 22.2. The Morgan fingerprint density at radius 3 is 2.38 bits per heavy atom. The van der Waals surface area contributed by atoms with E-state index in [4.69, 9.17) is 0 Å². The largest absolute Gasteiger partial charge is 0.356 e. The number of anilines is 1. The number of amides is 1. The van der Waals surface area contributed by atoms with Crippen LogP contribution in [-0.4, -0.2) is 73.1 Å². The molecule has 1 saturated carbocycles. The van der Waals surface area contributed by atoms with E-state index in [2.05, 4.69) is 60.8 Å². The van der Waals surface area contributed by atoms with Gasteiger partial charge in [-0.05, 0) is 24.5 Å². The van der Waals surface area contributed by atoms with E-state index in [-0.39, 0.29) is 11.3 Å². The third-order valence-corrected chi connectivity index (χ3v) is 6.61. The van der Waals surface area contributed by atoms with Crippen molar-refractivity contribution >= 4 is 17.8 Å². The van der Waals surface area contributed by atoms with Gasteiger partial charge in [0.1, 0.15) is 0 Å². The fraction of sp³-hybridized carbons (Fsp3) is 0.500. The molecule has 4 rings (SSSR count). The lowest BCUT2D eigenvalue weighted by molar-refractivity contribution is -0.131. The normalized spacial score (nSPS) is 18.1. The van der Waals surface area contributed by atoms with Crippen molar-refractivity contribution in [1.82, 2.24) is 25.5 Å². The van der Waals surface area contributed by atoms with Crippen molar-refractivity contribution < 1.29 is 4.79 Å². The van der Waals surface area contributed by atoms with Crippen LogP contribution in [0.1, 0.15) is 31.2 Å². The predicted octanol–water partition coefficient (Wildman–Crippen LogP) is 1.80. The highest BCUT2D eigenvalue weighted by Crippen LogP contribution is 2.43. The molecule has 2 aliphatic rings. The molecule has 2 aromatic rings. The third-order valence-electron chi connectivity index (χ3n) is 6.61. The number of piperazine rings is 1. The van der Waals surface area contributed by atoms with E-state index in [1.807, 2.05) is 11.0 Å². The van der Waals surface area contributed by atoms with Gasteiger partial charge in [-0.25, -0.2) is 9.97 Å². The van der Waals surface area contributed by atoms with Gasteiger partial charge >= 0.3 is 0 Å². The van der Waals surface area contributed by atoms with Crippen molar-refractivity contribution in [2.75, 3.05) is 51.2 Å². The van der Waals surface area contributed by atoms with Crippen LogP contribution in [0.4, 0.5) is 5.95 Å². The summed E-state index contributed by atoms with van der Waals surface area (Å²) in [5, 5.41) is 6.79. The van der Waals surface area contributed by atoms with Crippen molar-refractivity contribution in [2.45, 2.75) is 31.1 Å². The number of carbonyl (C=O) groups excluding carboxylic acids is 1. The van der Waals surface area contributed by atoms with Gasteiger partial charge in [0.25, 0.3) is 0 Å². The van der Waals surface area contributed by atoms with Crippen LogP contribution in [0, 0.1) is 0 Å². The van der Waals surface area contributed by atoms with Gasteiger partial charge in [-0.1, -0.05) is 36.8 Å². The molecule has 1 aliphatic carbocycles. The Kier molecular flexibility index (Phi) is 7.19. The average molecular weight is 436 g/mol. The Hall–Kier alpha value is -3.16. The summed E-state index contributed by atoms with van der Waals surface area (Å²) in [7, 11) is 1.78. The number of hydrogen-bond acceptors (Lipinski definition) is 5. The molecular formula is C24H33N7O. The van der Waals surface area contributed by atoms with Crippen molar-refractivity contribution in [3.05, 3.63) is 54.4 Å². The first kappa shape index (κ1) is 22.0. The molecule has 0 unspecified atom stereocenters. The lowest BCUT2D eigenvalue weighted by Crippen LogP contribution is -2.51. The molecule has 1 aliphatic heterocycles. The highest BCUT2D eigenvalue weighted by Gasteiger charge is 2.38. The highest BCUT2D eigenvalue weighted by atomic mass is 16.2. The Balaban J connectivity index is 1.19. The van der Waals surface area contributed by atoms with E-state index in [1.165, 1.54) is 24.8 Å². The Bertz CT molecular complexity index is 891. The second-order valence-electron chi connectivity index (χ2n) is 8.52. The van der Waals surface area contributed by atoms with Crippen molar-refractivity contribution in [1.29, 1.82) is 0 Å². The van der Waals surface area contributed by atoms with Crippen molar-refractivity contribution in [3.63, 3.8) is 0 Å². The van der Waals surface area contributed by atoms with E-state index in [0.717, 1.165) is 31.5 Å². The standard InChI is InChI=1S/C24H33N7O/c1-25-22(29-19-24(10-5-11-24)20-7-3-2-4-8-20)26-14-9-21(32)30-15-17-31(18-16-30)23-27-12-6-13-28-23/h2-4,6-8,12-13H,5,9-11,14-19H2,1H3,(H2,25,26,29). The number of hydrogen-bond donors (Lipinski definition) is 2. The van der Waals surface area contributed by atoms with Crippen molar-refractivity contribution in [3.8, 4) is 0 Å². The number of aromatic nitrogens is 2. The van der Waals surface area contributed by atoms with Crippen LogP contribution in [0.15, 0.2) is 53.8 Å². The topological polar surface area (TPSA) is 85.8 Å². The Morgan fingerprint density at radius 2 is 1.75 bits per heavy atom. The molecule has 0 bridgehead atoms. The van der Waals surface area contributed by atoms with Crippen LogP contribution in [0.25, 0.3) is 0 Å². The van der Waals surface area contributed by atoms with Gasteiger partial charge in [0.2, 0.25) is 11.9 Å². The Morgan fingerprint density at radius 1 is 1.03 bits per heavy atom. The monoisotopic (exact) mass is 435 g/mol. The maximum atomic E-state index is 12.6. The van der Waals surface area contributed by atoms with E-state index < -0.39 is 0 Å². The van der Waals surface area contributed by atoms with E-state index in [0.29, 0.717) is 26.1 Å². The number of nitrogens with one attached hydrogen (secondary N) is 2. The summed E-state index contributed by atoms with van der Waals surface area (Å²) in [6.07, 6.45) is 7.60. The Labute approximate surface area is 190 Å². The summed E-state index contributed by atoms with van der Waals surface area (Å²) in [6.45, 7) is 4.34. The summed E-state index contributed by atoms with van der Waals surface area (Å²) in [5.74, 6) is 1.66. The van der Waals surface area contributed by atoms with E-state index in [9.17, 15) is 4.79 Å². The third kappa shape index (κ3) is 5.18. The minimum atomic E-state index is 0.168. The minimum absolute atomic E-state index is 0.168. The zero-order valence-corrected chi connectivity index (χ0v) is 18.8. The molecule has 170 valence electrons. The van der Waals surface area contributed by atoms with Gasteiger partial charge < -0.3 is 20.4 Å². The fourth-order valence-corrected chi connectivity index (χ4v) is 4.49. The highest BCUT2D eigenvalue weighted by molar-refractivity contribution is 5.81. The lowest BCUT2D eigenvalue weighted by Gasteiger charge is -2.43. The molecule has 0 radical (unpaired) electrons. The number of guanidine groups is 1. The second-order valence-corrected chi connectivity index (χ2v) is 8.52. The molecule has 1 saturated heterocycles. The summed E-state index contributed by atoms with van der Waals surface area (Å²) < 4.78 is 0. The van der Waals surface area contributed by atoms with Crippen LogP contribution in [0.2, 0.25) is 0 Å². The molecule has 0 atom stereocenters. The molecule has 2 fully saturated rings. The zero-order valence-electron chi connectivity index (χ0n) is 18.8. The molecule has 1 aromatic heterocycles. The SMILES string of the molecule is CN=C(NCCC(=O)N1CCN(c2ncccn2)CC1)NCC1(c2ccccc2)CCC1. The first-order valence-electron chi connectivity index (χ1n) is 11.5. The van der Waals surface area contributed by atoms with Gasteiger partial charge in [0.05, 0.1) is 0 Å². The number of nitrogens with zero attached hydrogens (tertiary/aromatic N) is 5. The van der Waals surface area contributed by atoms with E-state index in [1.54, 1.807) is 19.4 Å². The molecule has 1 amide bonds. The average Bonchev–Trinajstić information content (AvgIpc) is 2.83. The lowest BCUT2D eigenvalue weighted by atomic mass is 9.64. The molecule has 8 nitrogen and oxygen atoms in total. The second kappa shape index (κ2) is 10.4. The van der Waals surface area contributed by atoms with Gasteiger partial charge in [0.15, 0.2) is 5.96 Å². The van der Waals surface area contributed by atoms with E-state index >= 15 is 0 Å². The molecule has 1 aromatic carbocycles. The van der Waals surface area contributed by atoms with Gasteiger partial charge in [-0.2, -0.15) is 0 Å². The first-order chi connectivity index (χ1) is 15.7. The van der Waals surface area contributed by atoms with Gasteiger partial charge in [0, 0.05) is 70.5 Å². The van der Waals surface area contributed by atoms with Crippen LogP contribution in [0.3, 0.4) is 0 Å². The number of benzene rings is 1.